The van der Waals surface area contributed by atoms with Crippen molar-refractivity contribution in [1.82, 2.24) is 20.4 Å². The molecular formula is C22H26N4O2. The Kier molecular flexibility index (Phi) is 5.69. The third-order valence-corrected chi connectivity index (χ3v) is 5.19. The zero-order chi connectivity index (χ0) is 19.3. The summed E-state index contributed by atoms with van der Waals surface area (Å²) in [6.45, 7) is 7.29. The van der Waals surface area contributed by atoms with Gasteiger partial charge < -0.3 is 10.1 Å². The van der Waals surface area contributed by atoms with Crippen LogP contribution in [-0.4, -0.2) is 60.4 Å². The smallest absolute Gasteiger partial charge is 0.251 e. The van der Waals surface area contributed by atoms with Crippen LogP contribution in [0, 0.1) is 6.92 Å². The number of carbonyl (C=O) groups is 1. The number of ether oxygens (including phenoxy) is 1. The van der Waals surface area contributed by atoms with Gasteiger partial charge >= 0.3 is 0 Å². The molecule has 0 bridgehead atoms. The lowest BCUT2D eigenvalue weighted by atomic mass is 10.0. The van der Waals surface area contributed by atoms with Gasteiger partial charge in [0.2, 0.25) is 0 Å². The number of nitrogens with zero attached hydrogens (tertiary/aromatic N) is 2. The normalized spacial score (nSPS) is 15.0. The minimum atomic E-state index is -0.0417. The molecule has 1 aromatic heterocycles. The first-order valence-corrected chi connectivity index (χ1v) is 9.84. The second kappa shape index (κ2) is 8.54. The summed E-state index contributed by atoms with van der Waals surface area (Å²) in [6, 6.07) is 13.9. The van der Waals surface area contributed by atoms with Crippen LogP contribution in [0.3, 0.4) is 0 Å². The first-order valence-electron chi connectivity index (χ1n) is 9.84. The Labute approximate surface area is 164 Å². The average molecular weight is 378 g/mol. The van der Waals surface area contributed by atoms with E-state index in [1.54, 1.807) is 0 Å². The standard InChI is InChI=1S/C22H26N4O2/c1-16-3-5-17(6-4-16)21-19-15-18(7-8-20(19)24-25-21)22(27)23-9-2-10-26-11-13-28-14-12-26/h3-8,15H,2,9-14H2,1H3,(H,23,27)(H,24,25). The Morgan fingerprint density at radius 3 is 2.75 bits per heavy atom. The van der Waals surface area contributed by atoms with Crippen LogP contribution in [0.2, 0.25) is 0 Å². The van der Waals surface area contributed by atoms with Gasteiger partial charge in [0.15, 0.2) is 0 Å². The molecule has 3 aromatic rings. The van der Waals surface area contributed by atoms with E-state index in [-0.39, 0.29) is 5.91 Å². The van der Waals surface area contributed by atoms with Gasteiger partial charge in [-0.2, -0.15) is 5.10 Å². The fourth-order valence-electron chi connectivity index (χ4n) is 3.52. The molecule has 6 nitrogen and oxygen atoms in total. The quantitative estimate of drug-likeness (QED) is 0.647. The van der Waals surface area contributed by atoms with Crippen molar-refractivity contribution >= 4 is 16.8 Å². The van der Waals surface area contributed by atoms with Crippen molar-refractivity contribution in [2.45, 2.75) is 13.3 Å². The number of aromatic amines is 1. The number of H-pyrrole nitrogens is 1. The molecule has 1 amide bonds. The molecule has 1 fully saturated rings. The summed E-state index contributed by atoms with van der Waals surface area (Å²) in [5.74, 6) is -0.0417. The van der Waals surface area contributed by atoms with E-state index in [1.807, 2.05) is 18.2 Å². The van der Waals surface area contributed by atoms with E-state index in [1.165, 1.54) is 5.56 Å². The van der Waals surface area contributed by atoms with Crippen LogP contribution in [0.1, 0.15) is 22.3 Å². The third kappa shape index (κ3) is 4.24. The summed E-state index contributed by atoms with van der Waals surface area (Å²) in [6.07, 6.45) is 0.939. The maximum atomic E-state index is 12.6. The fourth-order valence-corrected chi connectivity index (χ4v) is 3.52. The van der Waals surface area contributed by atoms with Gasteiger partial charge in [0.25, 0.3) is 5.91 Å². The number of amides is 1. The lowest BCUT2D eigenvalue weighted by Gasteiger charge is -2.26. The summed E-state index contributed by atoms with van der Waals surface area (Å²) in [5, 5.41) is 11.5. The largest absolute Gasteiger partial charge is 0.379 e. The van der Waals surface area contributed by atoms with Crippen molar-refractivity contribution in [3.63, 3.8) is 0 Å². The predicted octanol–water partition coefficient (Wildman–Crippen LogP) is 2.99. The van der Waals surface area contributed by atoms with Crippen LogP contribution in [-0.2, 0) is 4.74 Å². The molecule has 0 spiro atoms. The molecule has 4 rings (SSSR count). The highest BCUT2D eigenvalue weighted by Gasteiger charge is 2.13. The summed E-state index contributed by atoms with van der Waals surface area (Å²) < 4.78 is 5.36. The molecule has 1 saturated heterocycles. The van der Waals surface area contributed by atoms with E-state index in [9.17, 15) is 4.79 Å². The Morgan fingerprint density at radius 2 is 1.96 bits per heavy atom. The van der Waals surface area contributed by atoms with E-state index in [0.717, 1.165) is 61.4 Å². The predicted molar refractivity (Wildman–Crippen MR) is 110 cm³/mol. The summed E-state index contributed by atoms with van der Waals surface area (Å²) in [5.41, 5.74) is 4.71. The maximum Gasteiger partial charge on any atom is 0.251 e. The van der Waals surface area contributed by atoms with Gasteiger partial charge in [-0.3, -0.25) is 14.8 Å². The van der Waals surface area contributed by atoms with Crippen molar-refractivity contribution in [2.75, 3.05) is 39.4 Å². The topological polar surface area (TPSA) is 70.2 Å². The van der Waals surface area contributed by atoms with Crippen LogP contribution < -0.4 is 5.32 Å². The number of fused-ring (bicyclic) bond motifs is 1. The molecule has 146 valence electrons. The van der Waals surface area contributed by atoms with E-state index in [2.05, 4.69) is 51.6 Å². The fraction of sp³-hybridized carbons (Fsp3) is 0.364. The second-order valence-electron chi connectivity index (χ2n) is 7.26. The molecule has 28 heavy (non-hydrogen) atoms. The number of rotatable bonds is 6. The second-order valence-corrected chi connectivity index (χ2v) is 7.26. The van der Waals surface area contributed by atoms with Crippen LogP contribution >= 0.6 is 0 Å². The van der Waals surface area contributed by atoms with E-state index in [0.29, 0.717) is 12.1 Å². The van der Waals surface area contributed by atoms with Crippen LogP contribution in [0.4, 0.5) is 0 Å². The van der Waals surface area contributed by atoms with E-state index >= 15 is 0 Å². The third-order valence-electron chi connectivity index (χ3n) is 5.19. The Balaban J connectivity index is 1.41. The number of hydrogen-bond acceptors (Lipinski definition) is 4. The monoisotopic (exact) mass is 378 g/mol. The summed E-state index contributed by atoms with van der Waals surface area (Å²) >= 11 is 0. The molecule has 0 radical (unpaired) electrons. The lowest BCUT2D eigenvalue weighted by molar-refractivity contribution is 0.0374. The van der Waals surface area contributed by atoms with Crippen molar-refractivity contribution in [2.24, 2.45) is 0 Å². The number of carbonyl (C=O) groups excluding carboxylic acids is 1. The molecule has 0 atom stereocenters. The van der Waals surface area contributed by atoms with Gasteiger partial charge in [-0.25, -0.2) is 0 Å². The van der Waals surface area contributed by atoms with Gasteiger partial charge in [0.1, 0.15) is 0 Å². The van der Waals surface area contributed by atoms with Crippen LogP contribution in [0.5, 0.6) is 0 Å². The lowest BCUT2D eigenvalue weighted by Crippen LogP contribution is -2.38. The molecule has 6 heteroatoms. The zero-order valence-electron chi connectivity index (χ0n) is 16.2. The minimum absolute atomic E-state index is 0.0417. The zero-order valence-corrected chi connectivity index (χ0v) is 16.2. The first kappa shape index (κ1) is 18.7. The van der Waals surface area contributed by atoms with Crippen LogP contribution in [0.25, 0.3) is 22.2 Å². The Hall–Kier alpha value is -2.70. The summed E-state index contributed by atoms with van der Waals surface area (Å²) in [4.78, 5) is 15.0. The van der Waals surface area contributed by atoms with Crippen molar-refractivity contribution in [3.8, 4) is 11.3 Å². The highest BCUT2D eigenvalue weighted by atomic mass is 16.5. The SMILES string of the molecule is Cc1ccc(-c2n[nH]c3ccc(C(=O)NCCCN4CCOCC4)cc23)cc1. The van der Waals surface area contributed by atoms with E-state index in [4.69, 9.17) is 4.74 Å². The number of morpholine rings is 1. The minimum Gasteiger partial charge on any atom is -0.379 e. The molecule has 0 unspecified atom stereocenters. The molecule has 2 N–H and O–H groups in total. The number of nitrogens with one attached hydrogen (secondary N) is 2. The number of aromatic nitrogens is 2. The summed E-state index contributed by atoms with van der Waals surface area (Å²) in [7, 11) is 0. The van der Waals surface area contributed by atoms with Gasteiger partial charge in [0.05, 0.1) is 24.4 Å². The molecule has 2 heterocycles. The Bertz CT molecular complexity index is 943. The first-order chi connectivity index (χ1) is 13.7. The van der Waals surface area contributed by atoms with Gasteiger partial charge in [-0.05, 0) is 38.1 Å². The molecule has 2 aromatic carbocycles. The molecular weight excluding hydrogens is 352 g/mol. The maximum absolute atomic E-state index is 12.6. The molecule has 1 aliphatic rings. The van der Waals surface area contributed by atoms with Gasteiger partial charge in [-0.1, -0.05) is 29.8 Å². The van der Waals surface area contributed by atoms with Crippen LogP contribution in [0.15, 0.2) is 42.5 Å². The molecule has 0 aliphatic carbocycles. The molecule has 0 saturated carbocycles. The van der Waals surface area contributed by atoms with Crippen molar-refractivity contribution in [1.29, 1.82) is 0 Å². The van der Waals surface area contributed by atoms with Gasteiger partial charge in [0, 0.05) is 36.1 Å². The Morgan fingerprint density at radius 1 is 1.18 bits per heavy atom. The van der Waals surface area contributed by atoms with Gasteiger partial charge in [-0.15, -0.1) is 0 Å². The van der Waals surface area contributed by atoms with Crippen molar-refractivity contribution < 1.29 is 9.53 Å². The number of benzene rings is 2. The highest BCUT2D eigenvalue weighted by molar-refractivity contribution is 6.01. The van der Waals surface area contributed by atoms with E-state index < -0.39 is 0 Å². The number of aryl methyl sites for hydroxylation is 1. The average Bonchev–Trinajstić information content (AvgIpc) is 3.15. The number of hydrogen-bond donors (Lipinski definition) is 2. The highest BCUT2D eigenvalue weighted by Crippen LogP contribution is 2.27. The molecule has 1 aliphatic heterocycles. The van der Waals surface area contributed by atoms with Crippen molar-refractivity contribution in [3.05, 3.63) is 53.6 Å².